The normalized spacial score (nSPS) is 10.3. The van der Waals surface area contributed by atoms with Crippen molar-refractivity contribution < 1.29 is 18.9 Å². The highest BCUT2D eigenvalue weighted by Crippen LogP contribution is 2.25. The van der Waals surface area contributed by atoms with Gasteiger partial charge in [0.25, 0.3) is 5.91 Å². The van der Waals surface area contributed by atoms with Crippen LogP contribution < -0.4 is 14.8 Å². The van der Waals surface area contributed by atoms with Gasteiger partial charge in [-0.2, -0.15) is 0 Å². The van der Waals surface area contributed by atoms with Crippen molar-refractivity contribution in [3.63, 3.8) is 0 Å². The highest BCUT2D eigenvalue weighted by Gasteiger charge is 2.15. The lowest BCUT2D eigenvalue weighted by atomic mass is 10.1. The Morgan fingerprint density at radius 2 is 1.76 bits per heavy atom. The molecule has 0 radical (unpaired) electrons. The van der Waals surface area contributed by atoms with Gasteiger partial charge in [0.15, 0.2) is 12.3 Å². The Hall–Kier alpha value is -3.06. The van der Waals surface area contributed by atoms with Gasteiger partial charge in [0.2, 0.25) is 5.82 Å². The number of carbonyl (C=O) groups excluding carboxylic acids is 1. The van der Waals surface area contributed by atoms with Crippen LogP contribution in [0.25, 0.3) is 11.3 Å². The zero-order chi connectivity index (χ0) is 17.6. The Bertz CT molecular complexity index is 847. The van der Waals surface area contributed by atoms with Crippen LogP contribution in [0.1, 0.15) is 0 Å². The minimum Gasteiger partial charge on any atom is -0.497 e. The van der Waals surface area contributed by atoms with Crippen molar-refractivity contribution in [3.05, 3.63) is 53.6 Å². The van der Waals surface area contributed by atoms with Crippen LogP contribution >= 0.6 is 11.6 Å². The zero-order valence-corrected chi connectivity index (χ0v) is 14.0. The predicted octanol–water partition coefficient (Wildman–Crippen LogP) is 3.42. The van der Waals surface area contributed by atoms with Crippen LogP contribution in [0.2, 0.25) is 5.02 Å². The molecule has 7 nitrogen and oxygen atoms in total. The quantitative estimate of drug-likeness (QED) is 0.725. The van der Waals surface area contributed by atoms with Crippen molar-refractivity contribution in [3.8, 4) is 22.8 Å². The summed E-state index contributed by atoms with van der Waals surface area (Å²) in [5.41, 5.74) is 1.13. The molecule has 0 fully saturated rings. The standard InChI is InChI=1S/C17H14ClN3O4/c1-23-13-6-8-14(9-7-13)24-10-15(22)19-17-16(20-25-21-17)11-2-4-12(18)5-3-11/h2-9H,10H2,1H3,(H,19,21,22). The number of nitrogens with one attached hydrogen (secondary N) is 1. The molecule has 0 aliphatic heterocycles. The number of ether oxygens (including phenoxy) is 2. The third-order valence-corrected chi connectivity index (χ3v) is 3.55. The number of methoxy groups -OCH3 is 1. The third-order valence-electron chi connectivity index (χ3n) is 3.29. The largest absolute Gasteiger partial charge is 0.497 e. The van der Waals surface area contributed by atoms with Gasteiger partial charge < -0.3 is 14.8 Å². The summed E-state index contributed by atoms with van der Waals surface area (Å²) in [7, 11) is 1.58. The average Bonchev–Trinajstić information content (AvgIpc) is 3.09. The summed E-state index contributed by atoms with van der Waals surface area (Å²) < 4.78 is 15.2. The molecule has 0 bridgehead atoms. The number of hydrogen-bond acceptors (Lipinski definition) is 6. The topological polar surface area (TPSA) is 86.5 Å². The van der Waals surface area contributed by atoms with Crippen LogP contribution in [0, 0.1) is 0 Å². The van der Waals surface area contributed by atoms with Crippen molar-refractivity contribution in [2.75, 3.05) is 19.0 Å². The van der Waals surface area contributed by atoms with E-state index in [1.54, 1.807) is 55.6 Å². The summed E-state index contributed by atoms with van der Waals surface area (Å²) in [6, 6.07) is 13.8. The highest BCUT2D eigenvalue weighted by molar-refractivity contribution is 6.30. The average molecular weight is 360 g/mol. The molecule has 0 atom stereocenters. The fourth-order valence-corrected chi connectivity index (χ4v) is 2.18. The second-order valence-electron chi connectivity index (χ2n) is 4.98. The van der Waals surface area contributed by atoms with E-state index in [9.17, 15) is 4.79 Å². The van der Waals surface area contributed by atoms with E-state index in [0.717, 1.165) is 5.56 Å². The molecule has 0 saturated heterocycles. The summed E-state index contributed by atoms with van der Waals surface area (Å²) in [4.78, 5) is 12.1. The number of rotatable bonds is 6. The Morgan fingerprint density at radius 3 is 2.44 bits per heavy atom. The molecule has 0 unspecified atom stereocenters. The second kappa shape index (κ2) is 7.67. The van der Waals surface area contributed by atoms with Crippen molar-refractivity contribution in [1.29, 1.82) is 0 Å². The SMILES string of the molecule is COc1ccc(OCC(=O)Nc2nonc2-c2ccc(Cl)cc2)cc1. The van der Waals surface area contributed by atoms with Gasteiger partial charge in [0, 0.05) is 10.6 Å². The Kier molecular flexibility index (Phi) is 5.15. The maximum absolute atomic E-state index is 12.1. The first kappa shape index (κ1) is 16.8. The fourth-order valence-electron chi connectivity index (χ4n) is 2.06. The van der Waals surface area contributed by atoms with Crippen LogP contribution in [0.15, 0.2) is 53.2 Å². The summed E-state index contributed by atoms with van der Waals surface area (Å²) in [6.45, 7) is -0.181. The zero-order valence-electron chi connectivity index (χ0n) is 13.2. The van der Waals surface area contributed by atoms with E-state index in [1.165, 1.54) is 0 Å². The predicted molar refractivity (Wildman–Crippen MR) is 91.9 cm³/mol. The van der Waals surface area contributed by atoms with E-state index in [0.29, 0.717) is 22.2 Å². The van der Waals surface area contributed by atoms with E-state index in [-0.39, 0.29) is 18.3 Å². The van der Waals surface area contributed by atoms with Gasteiger partial charge in [-0.15, -0.1) is 0 Å². The molecule has 128 valence electrons. The number of aromatic nitrogens is 2. The highest BCUT2D eigenvalue weighted by atomic mass is 35.5. The van der Waals surface area contributed by atoms with E-state index in [4.69, 9.17) is 25.7 Å². The number of halogens is 1. The molecule has 3 rings (SSSR count). The molecule has 1 aromatic heterocycles. The van der Waals surface area contributed by atoms with Gasteiger partial charge in [-0.3, -0.25) is 4.79 Å². The first-order valence-corrected chi connectivity index (χ1v) is 7.68. The first-order valence-electron chi connectivity index (χ1n) is 7.31. The van der Waals surface area contributed by atoms with Crippen molar-refractivity contribution in [2.24, 2.45) is 0 Å². The van der Waals surface area contributed by atoms with Crippen molar-refractivity contribution in [1.82, 2.24) is 10.3 Å². The van der Waals surface area contributed by atoms with Gasteiger partial charge in [-0.1, -0.05) is 23.7 Å². The molecule has 2 aromatic carbocycles. The number of amides is 1. The molecular formula is C17H14ClN3O4. The molecule has 8 heteroatoms. The fraction of sp³-hybridized carbons (Fsp3) is 0.118. The lowest BCUT2D eigenvalue weighted by Gasteiger charge is -2.07. The summed E-state index contributed by atoms with van der Waals surface area (Å²) >= 11 is 5.86. The monoisotopic (exact) mass is 359 g/mol. The molecule has 0 aliphatic carbocycles. The molecule has 0 saturated carbocycles. The van der Waals surface area contributed by atoms with Gasteiger partial charge in [0.1, 0.15) is 11.5 Å². The first-order chi connectivity index (χ1) is 12.2. The third kappa shape index (κ3) is 4.27. The van der Waals surface area contributed by atoms with Gasteiger partial charge in [-0.25, -0.2) is 4.63 Å². The lowest BCUT2D eigenvalue weighted by Crippen LogP contribution is -2.20. The number of nitrogens with zero attached hydrogens (tertiary/aromatic N) is 2. The number of benzene rings is 2. The number of hydrogen-bond donors (Lipinski definition) is 1. The van der Waals surface area contributed by atoms with Crippen LogP contribution in [0.4, 0.5) is 5.82 Å². The Balaban J connectivity index is 1.61. The molecule has 0 spiro atoms. The molecule has 1 heterocycles. The lowest BCUT2D eigenvalue weighted by molar-refractivity contribution is -0.118. The minimum atomic E-state index is -0.387. The summed E-state index contributed by atoms with van der Waals surface area (Å²) in [5, 5.41) is 10.7. The molecule has 0 aliphatic rings. The van der Waals surface area contributed by atoms with E-state index in [2.05, 4.69) is 15.6 Å². The van der Waals surface area contributed by atoms with E-state index < -0.39 is 0 Å². The molecule has 1 N–H and O–H groups in total. The Labute approximate surface area is 148 Å². The van der Waals surface area contributed by atoms with E-state index in [1.807, 2.05) is 0 Å². The van der Waals surface area contributed by atoms with Crippen LogP contribution in [-0.2, 0) is 4.79 Å². The van der Waals surface area contributed by atoms with Crippen molar-refractivity contribution in [2.45, 2.75) is 0 Å². The minimum absolute atomic E-state index is 0.181. The maximum Gasteiger partial charge on any atom is 0.263 e. The van der Waals surface area contributed by atoms with Gasteiger partial charge in [-0.05, 0) is 46.7 Å². The maximum atomic E-state index is 12.1. The molecule has 25 heavy (non-hydrogen) atoms. The van der Waals surface area contributed by atoms with Gasteiger partial charge >= 0.3 is 0 Å². The van der Waals surface area contributed by atoms with Crippen LogP contribution in [-0.4, -0.2) is 29.9 Å². The summed E-state index contributed by atoms with van der Waals surface area (Å²) in [5.74, 6) is 1.08. The number of carbonyl (C=O) groups is 1. The smallest absolute Gasteiger partial charge is 0.263 e. The number of anilines is 1. The molecule has 3 aromatic rings. The second-order valence-corrected chi connectivity index (χ2v) is 5.42. The van der Waals surface area contributed by atoms with Gasteiger partial charge in [0.05, 0.1) is 7.11 Å². The van der Waals surface area contributed by atoms with Crippen LogP contribution in [0.5, 0.6) is 11.5 Å². The van der Waals surface area contributed by atoms with E-state index >= 15 is 0 Å². The Morgan fingerprint density at radius 1 is 1.08 bits per heavy atom. The van der Waals surface area contributed by atoms with Crippen LogP contribution in [0.3, 0.4) is 0 Å². The molecular weight excluding hydrogens is 346 g/mol. The van der Waals surface area contributed by atoms with Crippen molar-refractivity contribution >= 4 is 23.3 Å². The summed E-state index contributed by atoms with van der Waals surface area (Å²) in [6.07, 6.45) is 0. The molecule has 1 amide bonds.